The first-order chi connectivity index (χ1) is 6.63. The molecule has 1 aromatic rings. The first-order valence-electron chi connectivity index (χ1n) is 5.39. The Hall–Kier alpha value is -0.490. The molecular weight excluding hydrogens is 192 g/mol. The van der Waals surface area contributed by atoms with Gasteiger partial charge in [-0.2, -0.15) is 0 Å². The van der Waals surface area contributed by atoms with Gasteiger partial charge in [-0.05, 0) is 41.9 Å². The summed E-state index contributed by atoms with van der Waals surface area (Å²) in [4.78, 5) is 0. The van der Waals surface area contributed by atoms with E-state index in [1.165, 1.54) is 24.8 Å². The van der Waals surface area contributed by atoms with E-state index in [9.17, 15) is 0 Å². The molecule has 1 aromatic carbocycles. The highest BCUT2D eigenvalue weighted by molar-refractivity contribution is 6.30. The van der Waals surface area contributed by atoms with Crippen molar-refractivity contribution in [1.29, 1.82) is 0 Å². The van der Waals surface area contributed by atoms with Crippen LogP contribution in [0.2, 0.25) is 5.02 Å². The minimum absolute atomic E-state index is 0.380. The average molecular weight is 209 g/mol. The van der Waals surface area contributed by atoms with Crippen molar-refractivity contribution < 1.29 is 0 Å². The van der Waals surface area contributed by atoms with Crippen molar-refractivity contribution in [2.75, 3.05) is 0 Å². The Balaban J connectivity index is 2.34. The molecule has 2 atom stereocenters. The third-order valence-electron chi connectivity index (χ3n) is 3.92. The standard InChI is InChI=1S/C13H17Cl/c1-10-4-3-9-13(10,2)11-5-7-12(14)8-6-11/h5-8,10H,3-4,9H2,1-2H3/t10-,13?/m0/s1. The van der Waals surface area contributed by atoms with Gasteiger partial charge in [-0.15, -0.1) is 0 Å². The van der Waals surface area contributed by atoms with Crippen LogP contribution in [0.5, 0.6) is 0 Å². The molecule has 0 aliphatic heterocycles. The molecule has 0 aromatic heterocycles. The van der Waals surface area contributed by atoms with Crippen LogP contribution >= 0.6 is 11.6 Å². The van der Waals surface area contributed by atoms with Crippen molar-refractivity contribution in [3.8, 4) is 0 Å². The monoisotopic (exact) mass is 208 g/mol. The Kier molecular flexibility index (Phi) is 2.57. The molecule has 2 rings (SSSR count). The highest BCUT2D eigenvalue weighted by Crippen LogP contribution is 2.45. The molecule has 1 aliphatic carbocycles. The molecule has 1 heteroatoms. The first kappa shape index (κ1) is 10.0. The normalized spacial score (nSPS) is 32.1. The third-order valence-corrected chi connectivity index (χ3v) is 4.18. The van der Waals surface area contributed by atoms with Crippen LogP contribution < -0.4 is 0 Å². The number of rotatable bonds is 1. The molecule has 14 heavy (non-hydrogen) atoms. The molecule has 0 saturated heterocycles. The molecule has 1 fully saturated rings. The molecule has 0 N–H and O–H groups in total. The van der Waals surface area contributed by atoms with Gasteiger partial charge in [-0.3, -0.25) is 0 Å². The maximum atomic E-state index is 5.90. The molecule has 0 radical (unpaired) electrons. The summed E-state index contributed by atoms with van der Waals surface area (Å²) >= 11 is 5.90. The summed E-state index contributed by atoms with van der Waals surface area (Å²) in [6, 6.07) is 8.38. The zero-order valence-corrected chi connectivity index (χ0v) is 9.64. The summed E-state index contributed by atoms with van der Waals surface area (Å²) < 4.78 is 0. The minimum Gasteiger partial charge on any atom is -0.0843 e. The highest BCUT2D eigenvalue weighted by atomic mass is 35.5. The summed E-state index contributed by atoms with van der Waals surface area (Å²) in [6.07, 6.45) is 4.04. The van der Waals surface area contributed by atoms with Gasteiger partial charge in [0.1, 0.15) is 0 Å². The van der Waals surface area contributed by atoms with E-state index in [0.29, 0.717) is 5.41 Å². The minimum atomic E-state index is 0.380. The molecule has 1 saturated carbocycles. The Morgan fingerprint density at radius 3 is 2.43 bits per heavy atom. The van der Waals surface area contributed by atoms with Gasteiger partial charge in [-0.25, -0.2) is 0 Å². The zero-order chi connectivity index (χ0) is 10.2. The summed E-state index contributed by atoms with van der Waals surface area (Å²) in [5.41, 5.74) is 1.83. The molecular formula is C13H17Cl. The van der Waals surface area contributed by atoms with Crippen LogP contribution in [0.3, 0.4) is 0 Å². The van der Waals surface area contributed by atoms with E-state index >= 15 is 0 Å². The number of benzene rings is 1. The topological polar surface area (TPSA) is 0 Å². The van der Waals surface area contributed by atoms with Crippen LogP contribution in [0.1, 0.15) is 38.7 Å². The van der Waals surface area contributed by atoms with Gasteiger partial charge in [-0.1, -0.05) is 44.0 Å². The van der Waals surface area contributed by atoms with E-state index in [4.69, 9.17) is 11.6 Å². The van der Waals surface area contributed by atoms with Gasteiger partial charge < -0.3 is 0 Å². The van der Waals surface area contributed by atoms with Crippen molar-refractivity contribution in [1.82, 2.24) is 0 Å². The van der Waals surface area contributed by atoms with Crippen molar-refractivity contribution in [2.24, 2.45) is 5.92 Å². The van der Waals surface area contributed by atoms with Gasteiger partial charge in [0.25, 0.3) is 0 Å². The van der Waals surface area contributed by atoms with Crippen molar-refractivity contribution in [3.63, 3.8) is 0 Å². The molecule has 1 aliphatic rings. The number of hydrogen-bond acceptors (Lipinski definition) is 0. The molecule has 1 unspecified atom stereocenters. The summed E-state index contributed by atoms with van der Waals surface area (Å²) in [5, 5.41) is 0.836. The molecule has 0 spiro atoms. The lowest BCUT2D eigenvalue weighted by Crippen LogP contribution is -2.24. The number of hydrogen-bond donors (Lipinski definition) is 0. The van der Waals surface area contributed by atoms with Gasteiger partial charge in [0, 0.05) is 5.02 Å². The number of halogens is 1. The quantitative estimate of drug-likeness (QED) is 0.641. The summed E-state index contributed by atoms with van der Waals surface area (Å²) in [6.45, 7) is 4.75. The van der Waals surface area contributed by atoms with E-state index in [1.807, 2.05) is 12.1 Å². The summed E-state index contributed by atoms with van der Waals surface area (Å²) in [5.74, 6) is 0.795. The van der Waals surface area contributed by atoms with Crippen molar-refractivity contribution in [2.45, 2.75) is 38.5 Å². The van der Waals surface area contributed by atoms with E-state index in [-0.39, 0.29) is 0 Å². The maximum Gasteiger partial charge on any atom is 0.0406 e. The lowest BCUT2D eigenvalue weighted by Gasteiger charge is -2.29. The fraction of sp³-hybridized carbons (Fsp3) is 0.538. The van der Waals surface area contributed by atoms with Gasteiger partial charge in [0.2, 0.25) is 0 Å². The maximum absolute atomic E-state index is 5.90. The van der Waals surface area contributed by atoms with Gasteiger partial charge in [0.05, 0.1) is 0 Å². The lowest BCUT2D eigenvalue weighted by atomic mass is 9.75. The molecule has 0 bridgehead atoms. The van der Waals surface area contributed by atoms with E-state index in [1.54, 1.807) is 0 Å². The van der Waals surface area contributed by atoms with E-state index < -0.39 is 0 Å². The Morgan fingerprint density at radius 1 is 1.29 bits per heavy atom. The van der Waals surface area contributed by atoms with Crippen LogP contribution in [0, 0.1) is 5.92 Å². The van der Waals surface area contributed by atoms with Crippen LogP contribution in [0.4, 0.5) is 0 Å². The fourth-order valence-electron chi connectivity index (χ4n) is 2.60. The van der Waals surface area contributed by atoms with E-state index in [2.05, 4.69) is 26.0 Å². The second kappa shape index (κ2) is 3.58. The second-order valence-electron chi connectivity index (χ2n) is 4.72. The smallest absolute Gasteiger partial charge is 0.0406 e. The average Bonchev–Trinajstić information content (AvgIpc) is 2.49. The molecule has 0 nitrogen and oxygen atoms in total. The Bertz CT molecular complexity index is 315. The van der Waals surface area contributed by atoms with Crippen molar-refractivity contribution >= 4 is 11.6 Å². The highest BCUT2D eigenvalue weighted by Gasteiger charge is 2.36. The summed E-state index contributed by atoms with van der Waals surface area (Å²) in [7, 11) is 0. The lowest BCUT2D eigenvalue weighted by molar-refractivity contribution is 0.371. The van der Waals surface area contributed by atoms with Gasteiger partial charge in [0.15, 0.2) is 0 Å². The Morgan fingerprint density at radius 2 is 1.93 bits per heavy atom. The predicted molar refractivity (Wildman–Crippen MR) is 61.8 cm³/mol. The van der Waals surface area contributed by atoms with E-state index in [0.717, 1.165) is 10.9 Å². The molecule has 76 valence electrons. The fourth-order valence-corrected chi connectivity index (χ4v) is 2.73. The Labute approximate surface area is 91.3 Å². The van der Waals surface area contributed by atoms with Crippen molar-refractivity contribution in [3.05, 3.63) is 34.9 Å². The van der Waals surface area contributed by atoms with Gasteiger partial charge >= 0.3 is 0 Å². The first-order valence-corrected chi connectivity index (χ1v) is 5.77. The predicted octanol–water partition coefficient (Wildman–Crippen LogP) is 4.42. The second-order valence-corrected chi connectivity index (χ2v) is 5.15. The molecule has 0 heterocycles. The van der Waals surface area contributed by atoms with Crippen LogP contribution in [0.15, 0.2) is 24.3 Å². The largest absolute Gasteiger partial charge is 0.0843 e. The van der Waals surface area contributed by atoms with Crippen LogP contribution in [-0.2, 0) is 5.41 Å². The third kappa shape index (κ3) is 1.56. The van der Waals surface area contributed by atoms with Crippen LogP contribution in [-0.4, -0.2) is 0 Å². The SMILES string of the molecule is C[C@H]1CCCC1(C)c1ccc(Cl)cc1. The van der Waals surface area contributed by atoms with Crippen LogP contribution in [0.25, 0.3) is 0 Å². The zero-order valence-electron chi connectivity index (χ0n) is 8.89. The molecule has 0 amide bonds.